The van der Waals surface area contributed by atoms with Crippen LogP contribution in [0.5, 0.6) is 0 Å². The molecule has 2 aromatic rings. The van der Waals surface area contributed by atoms with E-state index in [4.69, 9.17) is 0 Å². The minimum Gasteiger partial charge on any atom is -0.333 e. The van der Waals surface area contributed by atoms with Gasteiger partial charge in [-0.3, -0.25) is 4.79 Å². The molecule has 8 heteroatoms. The van der Waals surface area contributed by atoms with Gasteiger partial charge >= 0.3 is 0 Å². The lowest BCUT2D eigenvalue weighted by atomic mass is 10.1. The number of carbonyl (C=O) groups is 1. The van der Waals surface area contributed by atoms with Gasteiger partial charge < -0.3 is 4.90 Å². The third-order valence-corrected chi connectivity index (χ3v) is 6.91. The highest BCUT2D eigenvalue weighted by Crippen LogP contribution is 2.30. The summed E-state index contributed by atoms with van der Waals surface area (Å²) in [5, 5.41) is 0. The molecule has 0 radical (unpaired) electrons. The largest absolute Gasteiger partial charge is 0.333 e. The summed E-state index contributed by atoms with van der Waals surface area (Å²) in [6.45, 7) is 0.745. The summed E-state index contributed by atoms with van der Waals surface area (Å²) >= 11 is 0.511. The Hall–Kier alpha value is -1.80. The molecule has 3 rings (SSSR count). The summed E-state index contributed by atoms with van der Waals surface area (Å²) in [6.07, 6.45) is -2.72. The first-order chi connectivity index (χ1) is 10.9. The molecular formula is C15H13F2NO3S2. The molecule has 122 valence electrons. The fraction of sp³-hybridized carbons (Fsp3) is 0.267. The van der Waals surface area contributed by atoms with E-state index in [2.05, 4.69) is 0 Å². The Morgan fingerprint density at radius 3 is 2.26 bits per heavy atom. The molecule has 0 unspecified atom stereocenters. The van der Waals surface area contributed by atoms with Crippen LogP contribution in [0.15, 0.2) is 40.6 Å². The number of benzene rings is 1. The van der Waals surface area contributed by atoms with Gasteiger partial charge in [-0.05, 0) is 23.3 Å². The first-order valence-corrected chi connectivity index (χ1v) is 9.29. The molecule has 1 aliphatic rings. The number of thiophene rings is 1. The van der Waals surface area contributed by atoms with Gasteiger partial charge in [0.25, 0.3) is 6.43 Å². The van der Waals surface area contributed by atoms with Gasteiger partial charge in [0.2, 0.25) is 5.91 Å². The second-order valence-electron chi connectivity index (χ2n) is 5.24. The lowest BCUT2D eigenvalue weighted by Crippen LogP contribution is -2.31. The van der Waals surface area contributed by atoms with Gasteiger partial charge in [-0.15, -0.1) is 11.3 Å². The Morgan fingerprint density at radius 2 is 1.74 bits per heavy atom. The average molecular weight is 357 g/mol. The van der Waals surface area contributed by atoms with Gasteiger partial charge in [-0.1, -0.05) is 24.3 Å². The predicted molar refractivity (Wildman–Crippen MR) is 82.0 cm³/mol. The molecule has 1 aromatic carbocycles. The molecule has 0 aliphatic carbocycles. The first kappa shape index (κ1) is 16.1. The topological polar surface area (TPSA) is 54.5 Å². The van der Waals surface area contributed by atoms with E-state index < -0.39 is 27.9 Å². The van der Waals surface area contributed by atoms with Crippen molar-refractivity contribution >= 4 is 27.1 Å². The standard InChI is InChI=1S/C15H13F2NO3S2/c16-15(17)12-5-6-14(22-12)23(20,21)9-13(19)18-7-10-3-1-2-4-11(10)8-18/h1-6,15H,7-9H2. The zero-order chi connectivity index (χ0) is 16.6. The highest BCUT2D eigenvalue weighted by atomic mass is 32.2. The summed E-state index contributed by atoms with van der Waals surface area (Å²) < 4.78 is 49.4. The summed E-state index contributed by atoms with van der Waals surface area (Å²) in [5.41, 5.74) is 1.99. The van der Waals surface area contributed by atoms with Gasteiger partial charge in [0.15, 0.2) is 9.84 Å². The monoisotopic (exact) mass is 357 g/mol. The second-order valence-corrected chi connectivity index (χ2v) is 8.57. The number of sulfone groups is 1. The number of alkyl halides is 2. The van der Waals surface area contributed by atoms with Crippen molar-refractivity contribution < 1.29 is 22.0 Å². The first-order valence-electron chi connectivity index (χ1n) is 6.82. The van der Waals surface area contributed by atoms with Crippen LogP contribution in [0.3, 0.4) is 0 Å². The van der Waals surface area contributed by atoms with Crippen LogP contribution in [0.2, 0.25) is 0 Å². The van der Waals surface area contributed by atoms with Crippen molar-refractivity contribution in [3.05, 3.63) is 52.4 Å². The van der Waals surface area contributed by atoms with Crippen LogP contribution in [-0.2, 0) is 27.7 Å². The number of amides is 1. The van der Waals surface area contributed by atoms with Gasteiger partial charge in [-0.2, -0.15) is 0 Å². The lowest BCUT2D eigenvalue weighted by molar-refractivity contribution is -0.129. The van der Waals surface area contributed by atoms with Crippen molar-refractivity contribution in [3.63, 3.8) is 0 Å². The van der Waals surface area contributed by atoms with E-state index in [9.17, 15) is 22.0 Å². The van der Waals surface area contributed by atoms with Crippen molar-refractivity contribution in [3.8, 4) is 0 Å². The summed E-state index contributed by atoms with van der Waals surface area (Å²) in [4.78, 5) is 13.4. The maximum absolute atomic E-state index is 12.6. The number of rotatable bonds is 4. The van der Waals surface area contributed by atoms with Crippen LogP contribution in [0, 0.1) is 0 Å². The molecule has 0 saturated heterocycles. The summed E-state index contributed by atoms with van der Waals surface area (Å²) in [5.74, 6) is -1.22. The number of hydrogen-bond acceptors (Lipinski definition) is 4. The molecule has 23 heavy (non-hydrogen) atoms. The Balaban J connectivity index is 1.72. The van der Waals surface area contributed by atoms with Crippen LogP contribution < -0.4 is 0 Å². The van der Waals surface area contributed by atoms with Gasteiger partial charge in [0.05, 0.1) is 4.88 Å². The smallest absolute Gasteiger partial charge is 0.272 e. The zero-order valence-corrected chi connectivity index (χ0v) is 13.5. The normalized spacial score (nSPS) is 14.3. The van der Waals surface area contributed by atoms with Crippen molar-refractivity contribution in [2.24, 2.45) is 0 Å². The van der Waals surface area contributed by atoms with Crippen LogP contribution in [0.25, 0.3) is 0 Å². The molecule has 4 nitrogen and oxygen atoms in total. The van der Waals surface area contributed by atoms with Crippen LogP contribution in [0.4, 0.5) is 8.78 Å². The van der Waals surface area contributed by atoms with Crippen LogP contribution in [-0.4, -0.2) is 25.0 Å². The Morgan fingerprint density at radius 1 is 1.13 bits per heavy atom. The Bertz CT molecular complexity index is 821. The molecule has 0 bridgehead atoms. The van der Waals surface area contributed by atoms with Gasteiger partial charge in [0, 0.05) is 13.1 Å². The number of carbonyl (C=O) groups excluding carboxylic acids is 1. The van der Waals surface area contributed by atoms with Crippen molar-refractivity contribution in [1.29, 1.82) is 0 Å². The van der Waals surface area contributed by atoms with Gasteiger partial charge in [0.1, 0.15) is 9.96 Å². The Labute approximate surface area is 136 Å². The van der Waals surface area contributed by atoms with Crippen LogP contribution >= 0.6 is 11.3 Å². The maximum atomic E-state index is 12.6. The van der Waals surface area contributed by atoms with E-state index in [1.165, 1.54) is 4.90 Å². The molecule has 0 N–H and O–H groups in total. The van der Waals surface area contributed by atoms with E-state index in [-0.39, 0.29) is 9.09 Å². The van der Waals surface area contributed by atoms with Crippen LogP contribution in [0.1, 0.15) is 22.4 Å². The number of hydrogen-bond donors (Lipinski definition) is 0. The van der Waals surface area contributed by atoms with E-state index in [1.807, 2.05) is 24.3 Å². The fourth-order valence-corrected chi connectivity index (χ4v) is 4.95. The summed E-state index contributed by atoms with van der Waals surface area (Å²) in [6, 6.07) is 9.73. The number of nitrogens with zero attached hydrogens (tertiary/aromatic N) is 1. The minimum absolute atomic E-state index is 0.196. The molecule has 0 atom stereocenters. The second kappa shape index (κ2) is 6.01. The molecule has 2 heterocycles. The van der Waals surface area contributed by atoms with E-state index >= 15 is 0 Å². The van der Waals surface area contributed by atoms with E-state index in [0.29, 0.717) is 24.4 Å². The highest BCUT2D eigenvalue weighted by Gasteiger charge is 2.29. The highest BCUT2D eigenvalue weighted by molar-refractivity contribution is 7.94. The van der Waals surface area contributed by atoms with Crippen molar-refractivity contribution in [2.45, 2.75) is 23.7 Å². The zero-order valence-electron chi connectivity index (χ0n) is 11.9. The quantitative estimate of drug-likeness (QED) is 0.845. The molecule has 1 aliphatic heterocycles. The minimum atomic E-state index is -3.90. The summed E-state index contributed by atoms with van der Waals surface area (Å²) in [7, 11) is -3.90. The lowest BCUT2D eigenvalue weighted by Gasteiger charge is -2.15. The predicted octanol–water partition coefficient (Wildman–Crippen LogP) is 3.00. The molecule has 0 saturated carbocycles. The number of halogens is 2. The third kappa shape index (κ3) is 3.28. The average Bonchev–Trinajstić information content (AvgIpc) is 3.14. The molecule has 0 spiro atoms. The SMILES string of the molecule is O=C(CS(=O)(=O)c1ccc(C(F)F)s1)N1Cc2ccccc2C1. The third-order valence-electron chi connectivity index (χ3n) is 3.63. The van der Waals surface area contributed by atoms with Crippen molar-refractivity contribution in [2.75, 3.05) is 5.75 Å². The number of fused-ring (bicyclic) bond motifs is 1. The molecular weight excluding hydrogens is 344 g/mol. The maximum Gasteiger partial charge on any atom is 0.272 e. The fourth-order valence-electron chi connectivity index (χ4n) is 2.45. The van der Waals surface area contributed by atoms with Crippen molar-refractivity contribution in [1.82, 2.24) is 4.90 Å². The molecule has 1 aromatic heterocycles. The van der Waals surface area contributed by atoms with Gasteiger partial charge in [-0.25, -0.2) is 17.2 Å². The molecule has 0 fully saturated rings. The van der Waals surface area contributed by atoms with E-state index in [0.717, 1.165) is 23.3 Å². The van der Waals surface area contributed by atoms with E-state index in [1.54, 1.807) is 0 Å². The molecule has 1 amide bonds. The Kier molecular flexibility index (Phi) is 4.20.